The third-order valence-electron chi connectivity index (χ3n) is 1.88. The summed E-state index contributed by atoms with van der Waals surface area (Å²) in [5.41, 5.74) is 1.23. The number of hydrogen-bond donors (Lipinski definition) is 1. The Morgan fingerprint density at radius 3 is 2.67 bits per heavy atom. The van der Waals surface area contributed by atoms with Gasteiger partial charge in [0.05, 0.1) is 18.4 Å². The highest BCUT2D eigenvalue weighted by atomic mass is 16.7. The Bertz CT molecular complexity index is 328. The van der Waals surface area contributed by atoms with Gasteiger partial charge in [0.15, 0.2) is 6.29 Å². The molecule has 1 aromatic rings. The lowest BCUT2D eigenvalue weighted by atomic mass is 10.3. The van der Waals surface area contributed by atoms with Gasteiger partial charge in [0.1, 0.15) is 11.8 Å². The number of ether oxygens (including phenoxy) is 2. The van der Waals surface area contributed by atoms with Gasteiger partial charge >= 0.3 is 0 Å². The molecule has 80 valence electrons. The molecule has 0 spiro atoms. The Kier molecular flexibility index (Phi) is 4.54. The van der Waals surface area contributed by atoms with Crippen molar-refractivity contribution < 1.29 is 9.47 Å². The van der Waals surface area contributed by atoms with Crippen LogP contribution in [0.5, 0.6) is 0 Å². The molecule has 0 aliphatic heterocycles. The highest BCUT2D eigenvalue weighted by Crippen LogP contribution is 2.05. The molecule has 0 aliphatic rings. The van der Waals surface area contributed by atoms with E-state index in [1.807, 2.05) is 6.07 Å². The van der Waals surface area contributed by atoms with Crippen LogP contribution in [0.4, 0.5) is 5.69 Å². The Morgan fingerprint density at radius 2 is 2.20 bits per heavy atom. The summed E-state index contributed by atoms with van der Waals surface area (Å²) in [4.78, 5) is 3.92. The summed E-state index contributed by atoms with van der Waals surface area (Å²) in [5, 5.41) is 11.6. The van der Waals surface area contributed by atoms with Crippen LogP contribution in [0.1, 0.15) is 5.69 Å². The van der Waals surface area contributed by atoms with Crippen molar-refractivity contribution >= 4 is 5.69 Å². The molecule has 1 N–H and O–H groups in total. The van der Waals surface area contributed by atoms with E-state index in [-0.39, 0.29) is 6.29 Å². The van der Waals surface area contributed by atoms with E-state index in [1.165, 1.54) is 0 Å². The first-order valence-corrected chi connectivity index (χ1v) is 4.45. The van der Waals surface area contributed by atoms with Crippen LogP contribution in [0.3, 0.4) is 0 Å². The first kappa shape index (κ1) is 11.4. The lowest BCUT2D eigenvalue weighted by Gasteiger charge is -2.14. The van der Waals surface area contributed by atoms with Crippen molar-refractivity contribution in [2.24, 2.45) is 0 Å². The number of nitrogens with zero attached hydrogens (tertiary/aromatic N) is 2. The average molecular weight is 207 g/mol. The van der Waals surface area contributed by atoms with E-state index in [1.54, 1.807) is 32.5 Å². The van der Waals surface area contributed by atoms with Gasteiger partial charge < -0.3 is 14.8 Å². The van der Waals surface area contributed by atoms with Crippen LogP contribution in [0.15, 0.2) is 18.3 Å². The largest absolute Gasteiger partial charge is 0.379 e. The molecule has 0 radical (unpaired) electrons. The molecular formula is C10H13N3O2. The fourth-order valence-electron chi connectivity index (χ4n) is 1.03. The first-order chi connectivity index (χ1) is 7.30. The normalized spacial score (nSPS) is 10.0. The van der Waals surface area contributed by atoms with Gasteiger partial charge in [-0.05, 0) is 12.1 Å². The van der Waals surface area contributed by atoms with E-state index < -0.39 is 0 Å². The first-order valence-electron chi connectivity index (χ1n) is 4.45. The highest BCUT2D eigenvalue weighted by Gasteiger charge is 2.03. The van der Waals surface area contributed by atoms with Gasteiger partial charge in [-0.25, -0.2) is 4.98 Å². The number of rotatable bonds is 5. The second kappa shape index (κ2) is 5.96. The minimum Gasteiger partial charge on any atom is -0.379 e. The van der Waals surface area contributed by atoms with Crippen LogP contribution >= 0.6 is 0 Å². The SMILES string of the molecule is COC(CNc1ccc(C#N)nc1)OC. The smallest absolute Gasteiger partial charge is 0.173 e. The molecule has 5 nitrogen and oxygen atoms in total. The predicted molar refractivity (Wildman–Crippen MR) is 55.2 cm³/mol. The third-order valence-corrected chi connectivity index (χ3v) is 1.88. The zero-order valence-electron chi connectivity index (χ0n) is 8.73. The van der Waals surface area contributed by atoms with E-state index in [9.17, 15) is 0 Å². The maximum absolute atomic E-state index is 8.55. The molecule has 0 aliphatic carbocycles. The number of methoxy groups -OCH3 is 2. The molecule has 5 heteroatoms. The van der Waals surface area contributed by atoms with Gasteiger partial charge in [-0.1, -0.05) is 0 Å². The van der Waals surface area contributed by atoms with Gasteiger partial charge in [-0.15, -0.1) is 0 Å². The molecule has 0 atom stereocenters. The van der Waals surface area contributed by atoms with E-state index in [2.05, 4.69) is 10.3 Å². The van der Waals surface area contributed by atoms with E-state index in [0.717, 1.165) is 5.69 Å². The van der Waals surface area contributed by atoms with Crippen LogP contribution in [0.2, 0.25) is 0 Å². The molecular weight excluding hydrogens is 194 g/mol. The van der Waals surface area contributed by atoms with Crippen molar-refractivity contribution in [1.29, 1.82) is 5.26 Å². The maximum Gasteiger partial charge on any atom is 0.173 e. The monoisotopic (exact) mass is 207 g/mol. The molecule has 15 heavy (non-hydrogen) atoms. The average Bonchev–Trinajstić information content (AvgIpc) is 2.31. The molecule has 0 unspecified atom stereocenters. The lowest BCUT2D eigenvalue weighted by molar-refractivity contribution is -0.0914. The highest BCUT2D eigenvalue weighted by molar-refractivity contribution is 5.42. The van der Waals surface area contributed by atoms with Crippen LogP contribution in [0.25, 0.3) is 0 Å². The summed E-state index contributed by atoms with van der Waals surface area (Å²) in [5.74, 6) is 0. The summed E-state index contributed by atoms with van der Waals surface area (Å²) in [6.45, 7) is 0.528. The van der Waals surface area contributed by atoms with Gasteiger partial charge in [0.25, 0.3) is 0 Å². The molecule has 1 heterocycles. The van der Waals surface area contributed by atoms with Crippen LogP contribution in [-0.4, -0.2) is 32.0 Å². The summed E-state index contributed by atoms with van der Waals surface area (Å²) >= 11 is 0. The Hall–Kier alpha value is -1.64. The third kappa shape index (κ3) is 3.54. The number of anilines is 1. The number of nitriles is 1. The zero-order valence-corrected chi connectivity index (χ0v) is 8.73. The van der Waals surface area contributed by atoms with Crippen LogP contribution in [-0.2, 0) is 9.47 Å². The van der Waals surface area contributed by atoms with Crippen molar-refractivity contribution in [3.8, 4) is 6.07 Å². The fraction of sp³-hybridized carbons (Fsp3) is 0.400. The minimum atomic E-state index is -0.291. The number of hydrogen-bond acceptors (Lipinski definition) is 5. The second-order valence-electron chi connectivity index (χ2n) is 2.83. The van der Waals surface area contributed by atoms with Crippen molar-refractivity contribution in [2.45, 2.75) is 6.29 Å². The van der Waals surface area contributed by atoms with E-state index >= 15 is 0 Å². The Labute approximate surface area is 88.6 Å². The standard InChI is InChI=1S/C10H13N3O2/c1-14-10(15-2)7-13-9-4-3-8(5-11)12-6-9/h3-4,6,10,13H,7H2,1-2H3. The number of pyridine rings is 1. The van der Waals surface area contributed by atoms with Crippen molar-refractivity contribution in [2.75, 3.05) is 26.1 Å². The minimum absolute atomic E-state index is 0.291. The quantitative estimate of drug-likeness (QED) is 0.729. The van der Waals surface area contributed by atoms with Gasteiger partial charge in [0.2, 0.25) is 0 Å². The Balaban J connectivity index is 2.48. The topological polar surface area (TPSA) is 67.2 Å². The molecule has 1 rings (SSSR count). The molecule has 0 saturated carbocycles. The Morgan fingerprint density at radius 1 is 1.47 bits per heavy atom. The van der Waals surface area contributed by atoms with Crippen molar-refractivity contribution in [1.82, 2.24) is 4.98 Å². The molecule has 0 bridgehead atoms. The molecule has 0 aromatic carbocycles. The number of aromatic nitrogens is 1. The summed E-state index contributed by atoms with van der Waals surface area (Å²) in [7, 11) is 3.15. The second-order valence-corrected chi connectivity index (χ2v) is 2.83. The van der Waals surface area contributed by atoms with E-state index in [4.69, 9.17) is 14.7 Å². The van der Waals surface area contributed by atoms with E-state index in [0.29, 0.717) is 12.2 Å². The molecule has 0 saturated heterocycles. The van der Waals surface area contributed by atoms with Gasteiger partial charge in [-0.2, -0.15) is 5.26 Å². The van der Waals surface area contributed by atoms with Gasteiger partial charge in [0, 0.05) is 14.2 Å². The summed E-state index contributed by atoms with van der Waals surface area (Å²) in [6, 6.07) is 5.39. The lowest BCUT2D eigenvalue weighted by Crippen LogP contribution is -2.23. The summed E-state index contributed by atoms with van der Waals surface area (Å²) in [6.07, 6.45) is 1.31. The zero-order chi connectivity index (χ0) is 11.1. The molecule has 0 fully saturated rings. The van der Waals surface area contributed by atoms with Crippen molar-refractivity contribution in [3.63, 3.8) is 0 Å². The maximum atomic E-state index is 8.55. The predicted octanol–water partition coefficient (Wildman–Crippen LogP) is 0.984. The fourth-order valence-corrected chi connectivity index (χ4v) is 1.03. The molecule has 1 aromatic heterocycles. The summed E-state index contributed by atoms with van der Waals surface area (Å²) < 4.78 is 10.0. The van der Waals surface area contributed by atoms with Crippen molar-refractivity contribution in [3.05, 3.63) is 24.0 Å². The van der Waals surface area contributed by atoms with Crippen LogP contribution in [0, 0.1) is 11.3 Å². The molecule has 0 amide bonds. The number of nitrogens with one attached hydrogen (secondary N) is 1. The van der Waals surface area contributed by atoms with Gasteiger partial charge in [-0.3, -0.25) is 0 Å². The van der Waals surface area contributed by atoms with Crippen LogP contribution < -0.4 is 5.32 Å².